The second kappa shape index (κ2) is 8.27. The molecule has 138 valence electrons. The Hall–Kier alpha value is -2.79. The molecule has 0 N–H and O–H groups in total. The molecule has 2 aromatic carbocycles. The van der Waals surface area contributed by atoms with Crippen LogP contribution in [0.3, 0.4) is 0 Å². The predicted molar refractivity (Wildman–Crippen MR) is 111 cm³/mol. The van der Waals surface area contributed by atoms with Crippen molar-refractivity contribution in [1.29, 1.82) is 0 Å². The zero-order chi connectivity index (χ0) is 18.5. The van der Waals surface area contributed by atoms with Crippen LogP contribution in [-0.4, -0.2) is 23.3 Å². The number of para-hydroxylation sites is 2. The van der Waals surface area contributed by atoms with E-state index in [2.05, 4.69) is 40.3 Å². The fourth-order valence-corrected chi connectivity index (χ4v) is 3.85. The number of rotatable bonds is 8. The molecule has 0 fully saturated rings. The van der Waals surface area contributed by atoms with Crippen molar-refractivity contribution in [3.63, 3.8) is 0 Å². The van der Waals surface area contributed by atoms with Gasteiger partial charge in [-0.1, -0.05) is 18.2 Å². The van der Waals surface area contributed by atoms with Gasteiger partial charge in [-0.25, -0.2) is 4.98 Å². The van der Waals surface area contributed by atoms with Gasteiger partial charge in [0.2, 0.25) is 0 Å². The lowest BCUT2D eigenvalue weighted by atomic mass is 10.3. The van der Waals surface area contributed by atoms with Gasteiger partial charge in [0.1, 0.15) is 11.5 Å². The van der Waals surface area contributed by atoms with Crippen molar-refractivity contribution in [2.45, 2.75) is 19.4 Å². The molecule has 0 bridgehead atoms. The summed E-state index contributed by atoms with van der Waals surface area (Å²) in [5, 5.41) is 2.10. The van der Waals surface area contributed by atoms with E-state index in [1.54, 1.807) is 18.4 Å². The summed E-state index contributed by atoms with van der Waals surface area (Å²) in [6.07, 6.45) is 2.03. The Kier molecular flexibility index (Phi) is 5.39. The maximum atomic E-state index is 5.84. The first-order valence-corrected chi connectivity index (χ1v) is 9.99. The highest BCUT2D eigenvalue weighted by atomic mass is 32.1. The van der Waals surface area contributed by atoms with E-state index in [-0.39, 0.29) is 0 Å². The summed E-state index contributed by atoms with van der Waals surface area (Å²) >= 11 is 1.73. The summed E-state index contributed by atoms with van der Waals surface area (Å²) in [6, 6.07) is 20.3. The summed E-state index contributed by atoms with van der Waals surface area (Å²) in [4.78, 5) is 6.06. The highest BCUT2D eigenvalue weighted by Gasteiger charge is 2.12. The molecule has 4 nitrogen and oxygen atoms in total. The lowest BCUT2D eigenvalue weighted by Crippen LogP contribution is -2.03. The van der Waals surface area contributed by atoms with E-state index >= 15 is 0 Å². The summed E-state index contributed by atoms with van der Waals surface area (Å²) < 4.78 is 13.3. The number of aromatic nitrogens is 2. The number of benzene rings is 2. The van der Waals surface area contributed by atoms with Crippen molar-refractivity contribution in [3.8, 4) is 22.2 Å². The van der Waals surface area contributed by atoms with Gasteiger partial charge in [-0.15, -0.1) is 11.3 Å². The summed E-state index contributed by atoms with van der Waals surface area (Å²) in [5.41, 5.74) is 2.24. The Morgan fingerprint density at radius 2 is 1.74 bits per heavy atom. The lowest BCUT2D eigenvalue weighted by Gasteiger charge is -2.10. The summed E-state index contributed by atoms with van der Waals surface area (Å²) in [7, 11) is 1.67. The van der Waals surface area contributed by atoms with Crippen LogP contribution in [-0.2, 0) is 6.54 Å². The number of hydrogen-bond donors (Lipinski definition) is 0. The number of ether oxygens (including phenoxy) is 2. The number of thiophene rings is 1. The number of unbranched alkanes of at least 4 members (excludes halogenated alkanes) is 1. The molecule has 2 heterocycles. The van der Waals surface area contributed by atoms with Crippen LogP contribution >= 0.6 is 11.3 Å². The van der Waals surface area contributed by atoms with E-state index in [0.29, 0.717) is 6.61 Å². The van der Waals surface area contributed by atoms with Crippen molar-refractivity contribution in [3.05, 3.63) is 66.0 Å². The first-order chi connectivity index (χ1) is 13.3. The average Bonchev–Trinajstić information content (AvgIpc) is 3.36. The van der Waals surface area contributed by atoms with Gasteiger partial charge in [-0.2, -0.15) is 0 Å². The van der Waals surface area contributed by atoms with Crippen molar-refractivity contribution in [2.75, 3.05) is 13.7 Å². The molecule has 0 saturated carbocycles. The third kappa shape index (κ3) is 3.98. The molecule has 0 amide bonds. The smallest absolute Gasteiger partial charge is 0.151 e. The minimum absolute atomic E-state index is 0.702. The number of aryl methyl sites for hydroxylation is 1. The molecule has 0 unspecified atom stereocenters. The third-order valence-electron chi connectivity index (χ3n) is 4.50. The summed E-state index contributed by atoms with van der Waals surface area (Å²) in [6.45, 7) is 1.63. The minimum atomic E-state index is 0.702. The van der Waals surface area contributed by atoms with E-state index in [1.165, 1.54) is 10.4 Å². The van der Waals surface area contributed by atoms with Crippen LogP contribution < -0.4 is 9.47 Å². The van der Waals surface area contributed by atoms with E-state index in [4.69, 9.17) is 14.5 Å². The molecule has 0 aliphatic carbocycles. The normalized spacial score (nSPS) is 11.0. The van der Waals surface area contributed by atoms with Gasteiger partial charge in [0.15, 0.2) is 5.82 Å². The molecule has 0 aliphatic heterocycles. The quantitative estimate of drug-likeness (QED) is 0.373. The Morgan fingerprint density at radius 1 is 0.926 bits per heavy atom. The number of imidazole rings is 1. The van der Waals surface area contributed by atoms with Crippen LogP contribution in [0.2, 0.25) is 0 Å². The SMILES string of the molecule is COc1ccc(OCCCCn2c(-c3cccs3)nc3ccccc32)cc1. The second-order valence-electron chi connectivity index (χ2n) is 6.28. The second-order valence-corrected chi connectivity index (χ2v) is 7.23. The highest BCUT2D eigenvalue weighted by molar-refractivity contribution is 7.13. The Labute approximate surface area is 163 Å². The van der Waals surface area contributed by atoms with Gasteiger partial charge in [-0.3, -0.25) is 0 Å². The third-order valence-corrected chi connectivity index (χ3v) is 5.37. The first-order valence-electron chi connectivity index (χ1n) is 9.11. The Morgan fingerprint density at radius 3 is 2.52 bits per heavy atom. The molecule has 0 atom stereocenters. The fraction of sp³-hybridized carbons (Fsp3) is 0.227. The molecule has 0 spiro atoms. The van der Waals surface area contributed by atoms with Crippen molar-refractivity contribution in [1.82, 2.24) is 9.55 Å². The molecule has 4 rings (SSSR count). The monoisotopic (exact) mass is 378 g/mol. The van der Waals surface area contributed by atoms with Gasteiger partial charge < -0.3 is 14.0 Å². The van der Waals surface area contributed by atoms with Crippen LogP contribution in [0.25, 0.3) is 21.7 Å². The van der Waals surface area contributed by atoms with Gasteiger partial charge in [0, 0.05) is 6.54 Å². The summed E-state index contributed by atoms with van der Waals surface area (Å²) in [5.74, 6) is 2.78. The van der Waals surface area contributed by atoms with Crippen LogP contribution in [0.4, 0.5) is 0 Å². The van der Waals surface area contributed by atoms with Gasteiger partial charge in [0.05, 0.1) is 29.6 Å². The number of fused-ring (bicyclic) bond motifs is 1. The average molecular weight is 378 g/mol. The van der Waals surface area contributed by atoms with Crippen molar-refractivity contribution < 1.29 is 9.47 Å². The number of nitrogens with zero attached hydrogens (tertiary/aromatic N) is 2. The maximum Gasteiger partial charge on any atom is 0.151 e. The van der Waals surface area contributed by atoms with Crippen LogP contribution in [0.15, 0.2) is 66.0 Å². The first kappa shape index (κ1) is 17.6. The van der Waals surface area contributed by atoms with E-state index < -0.39 is 0 Å². The van der Waals surface area contributed by atoms with Crippen molar-refractivity contribution >= 4 is 22.4 Å². The molecule has 0 aliphatic rings. The zero-order valence-electron chi connectivity index (χ0n) is 15.3. The van der Waals surface area contributed by atoms with Gasteiger partial charge in [-0.05, 0) is 60.7 Å². The lowest BCUT2D eigenvalue weighted by molar-refractivity contribution is 0.303. The van der Waals surface area contributed by atoms with Crippen LogP contribution in [0.1, 0.15) is 12.8 Å². The van der Waals surface area contributed by atoms with Crippen molar-refractivity contribution in [2.24, 2.45) is 0 Å². The molecule has 0 radical (unpaired) electrons. The van der Waals surface area contributed by atoms with Crippen LogP contribution in [0.5, 0.6) is 11.5 Å². The largest absolute Gasteiger partial charge is 0.497 e. The number of hydrogen-bond acceptors (Lipinski definition) is 4. The molecule has 5 heteroatoms. The zero-order valence-corrected chi connectivity index (χ0v) is 16.1. The Balaban J connectivity index is 1.39. The molecule has 2 aromatic heterocycles. The van der Waals surface area contributed by atoms with E-state index in [0.717, 1.165) is 42.2 Å². The maximum absolute atomic E-state index is 5.84. The highest BCUT2D eigenvalue weighted by Crippen LogP contribution is 2.28. The van der Waals surface area contributed by atoms with E-state index in [1.807, 2.05) is 30.3 Å². The predicted octanol–water partition coefficient (Wildman–Crippen LogP) is 5.63. The molecule has 0 saturated heterocycles. The number of methoxy groups -OCH3 is 1. The van der Waals surface area contributed by atoms with E-state index in [9.17, 15) is 0 Å². The standard InChI is InChI=1S/C22H22N2O2S/c1-25-17-10-12-18(13-11-17)26-15-5-4-14-24-20-8-3-2-7-19(20)23-22(24)21-9-6-16-27-21/h2-3,6-13,16H,4-5,14-15H2,1H3. The molecule has 27 heavy (non-hydrogen) atoms. The molecule has 4 aromatic rings. The molecular formula is C22H22N2O2S. The molecular weight excluding hydrogens is 356 g/mol. The fourth-order valence-electron chi connectivity index (χ4n) is 3.13. The van der Waals surface area contributed by atoms with Crippen LogP contribution in [0, 0.1) is 0 Å². The van der Waals surface area contributed by atoms with Gasteiger partial charge in [0.25, 0.3) is 0 Å². The topological polar surface area (TPSA) is 36.3 Å². The minimum Gasteiger partial charge on any atom is -0.497 e. The van der Waals surface area contributed by atoms with Gasteiger partial charge >= 0.3 is 0 Å². The Bertz CT molecular complexity index is 991.